The molecular formula is C23H34N2O3. The molecule has 0 amide bonds. The van der Waals surface area contributed by atoms with E-state index in [1.165, 1.54) is 0 Å². The molecule has 5 nitrogen and oxygen atoms in total. The quantitative estimate of drug-likeness (QED) is 0.677. The average Bonchev–Trinajstić information content (AvgIpc) is 2.80. The van der Waals surface area contributed by atoms with Crippen molar-refractivity contribution in [3.63, 3.8) is 0 Å². The molecule has 2 heterocycles. The molecule has 1 aromatic carbocycles. The van der Waals surface area contributed by atoms with Gasteiger partial charge < -0.3 is 14.4 Å². The number of aromatic nitrogens is 1. The van der Waals surface area contributed by atoms with Crippen molar-refractivity contribution in [2.75, 3.05) is 31.2 Å². The second-order valence-electron chi connectivity index (χ2n) is 5.77. The number of esters is 1. The van der Waals surface area contributed by atoms with Gasteiger partial charge in [-0.3, -0.25) is 4.79 Å². The van der Waals surface area contributed by atoms with E-state index in [1.54, 1.807) is 0 Å². The number of anilines is 1. The number of ether oxygens (including phenoxy) is 2. The summed E-state index contributed by atoms with van der Waals surface area (Å²) >= 11 is 0. The maximum Gasteiger partial charge on any atom is 0.306 e. The van der Waals surface area contributed by atoms with E-state index in [-0.39, 0.29) is 5.97 Å². The highest BCUT2D eigenvalue weighted by molar-refractivity contribution is 5.69. The molecular weight excluding hydrogens is 352 g/mol. The van der Waals surface area contributed by atoms with E-state index in [4.69, 9.17) is 9.47 Å². The van der Waals surface area contributed by atoms with Gasteiger partial charge in [-0.2, -0.15) is 0 Å². The molecule has 0 atom stereocenters. The topological polar surface area (TPSA) is 51.7 Å². The van der Waals surface area contributed by atoms with Gasteiger partial charge in [0, 0.05) is 25.7 Å². The molecule has 0 saturated carbocycles. The van der Waals surface area contributed by atoms with Crippen LogP contribution in [0.25, 0.3) is 0 Å². The predicted molar refractivity (Wildman–Crippen MR) is 115 cm³/mol. The molecule has 1 saturated heterocycles. The predicted octanol–water partition coefficient (Wildman–Crippen LogP) is 4.65. The van der Waals surface area contributed by atoms with Crippen LogP contribution in [0.2, 0.25) is 0 Å². The summed E-state index contributed by atoms with van der Waals surface area (Å²) < 4.78 is 10.6. The molecule has 1 aliphatic heterocycles. The van der Waals surface area contributed by atoms with Gasteiger partial charge in [-0.05, 0) is 23.6 Å². The van der Waals surface area contributed by atoms with Gasteiger partial charge in [-0.25, -0.2) is 4.98 Å². The third-order valence-corrected chi connectivity index (χ3v) is 4.00. The first-order valence-corrected chi connectivity index (χ1v) is 10.3. The number of nitrogens with zero attached hydrogens (tertiary/aromatic N) is 2. The first-order valence-electron chi connectivity index (χ1n) is 10.3. The third kappa shape index (κ3) is 8.53. The molecule has 0 spiro atoms. The second kappa shape index (κ2) is 14.6. The molecule has 0 radical (unpaired) electrons. The first-order chi connectivity index (χ1) is 13.8. The van der Waals surface area contributed by atoms with Crippen molar-refractivity contribution >= 4 is 11.8 Å². The third-order valence-electron chi connectivity index (χ3n) is 4.00. The van der Waals surface area contributed by atoms with Crippen LogP contribution in [0.15, 0.2) is 48.7 Å². The van der Waals surface area contributed by atoms with Crippen molar-refractivity contribution in [3.05, 3.63) is 59.8 Å². The highest BCUT2D eigenvalue weighted by Gasteiger charge is 2.12. The Morgan fingerprint density at radius 3 is 2.29 bits per heavy atom. The minimum atomic E-state index is -0.184. The number of pyridine rings is 1. The van der Waals surface area contributed by atoms with Crippen molar-refractivity contribution in [2.24, 2.45) is 0 Å². The van der Waals surface area contributed by atoms with E-state index < -0.39 is 0 Å². The first kappa shape index (κ1) is 23.6. The Bertz CT molecular complexity index is 639. The van der Waals surface area contributed by atoms with Crippen LogP contribution >= 0.6 is 0 Å². The van der Waals surface area contributed by atoms with E-state index >= 15 is 0 Å². The van der Waals surface area contributed by atoms with Crippen molar-refractivity contribution in [3.8, 4) is 0 Å². The van der Waals surface area contributed by atoms with E-state index in [1.807, 2.05) is 76.4 Å². The molecule has 0 N–H and O–H groups in total. The summed E-state index contributed by atoms with van der Waals surface area (Å²) in [5, 5.41) is 0. The Hall–Kier alpha value is -2.40. The van der Waals surface area contributed by atoms with Crippen LogP contribution in [0.3, 0.4) is 0 Å². The summed E-state index contributed by atoms with van der Waals surface area (Å²) in [5.41, 5.74) is 2.05. The Labute approximate surface area is 169 Å². The van der Waals surface area contributed by atoms with Crippen molar-refractivity contribution in [2.45, 2.75) is 47.1 Å². The van der Waals surface area contributed by atoms with Crippen molar-refractivity contribution in [1.29, 1.82) is 0 Å². The van der Waals surface area contributed by atoms with Gasteiger partial charge in [-0.1, -0.05) is 64.1 Å². The summed E-state index contributed by atoms with van der Waals surface area (Å²) in [5.74, 6) is 0.782. The van der Waals surface area contributed by atoms with Gasteiger partial charge in [0.2, 0.25) is 0 Å². The monoisotopic (exact) mass is 386 g/mol. The molecule has 154 valence electrons. The fourth-order valence-corrected chi connectivity index (χ4v) is 2.60. The van der Waals surface area contributed by atoms with Crippen LogP contribution in [-0.2, 0) is 27.3 Å². The molecule has 0 bridgehead atoms. The largest absolute Gasteiger partial charge is 0.461 e. The molecule has 28 heavy (non-hydrogen) atoms. The summed E-state index contributed by atoms with van der Waals surface area (Å²) in [6.07, 6.45) is 2.85. The lowest BCUT2D eigenvalue weighted by molar-refractivity contribution is -0.144. The van der Waals surface area contributed by atoms with E-state index in [0.29, 0.717) is 19.4 Å². The number of rotatable bonds is 6. The summed E-state index contributed by atoms with van der Waals surface area (Å²) in [6.45, 7) is 11.6. The van der Waals surface area contributed by atoms with E-state index in [0.717, 1.165) is 43.2 Å². The molecule has 0 unspecified atom stereocenters. The second-order valence-corrected chi connectivity index (χ2v) is 5.77. The molecule has 1 fully saturated rings. The Morgan fingerprint density at radius 2 is 1.68 bits per heavy atom. The lowest BCUT2D eigenvalue weighted by Crippen LogP contribution is -2.36. The highest BCUT2D eigenvalue weighted by Crippen LogP contribution is 2.14. The maximum absolute atomic E-state index is 11.8. The number of carbonyl (C=O) groups excluding carboxylic acids is 1. The van der Waals surface area contributed by atoms with Crippen LogP contribution in [0.4, 0.5) is 5.82 Å². The van der Waals surface area contributed by atoms with Crippen LogP contribution in [0.5, 0.6) is 0 Å². The summed E-state index contributed by atoms with van der Waals surface area (Å²) in [7, 11) is 0. The lowest BCUT2D eigenvalue weighted by Gasteiger charge is -2.27. The molecule has 1 aliphatic rings. The normalized spacial score (nSPS) is 12.8. The molecule has 1 aromatic heterocycles. The number of aryl methyl sites for hydroxylation is 1. The molecule has 3 rings (SSSR count). The van der Waals surface area contributed by atoms with Crippen LogP contribution in [0.1, 0.15) is 45.2 Å². The number of carbonyl (C=O) groups is 1. The Morgan fingerprint density at radius 1 is 1.00 bits per heavy atom. The lowest BCUT2D eigenvalue weighted by atomic mass is 10.1. The Balaban J connectivity index is 0.000000921. The number of hydrogen-bond donors (Lipinski definition) is 0. The maximum atomic E-state index is 11.8. The van der Waals surface area contributed by atoms with Gasteiger partial charge in [0.25, 0.3) is 0 Å². The molecule has 5 heteroatoms. The van der Waals surface area contributed by atoms with Crippen LogP contribution in [0, 0.1) is 0 Å². The highest BCUT2D eigenvalue weighted by atomic mass is 16.5. The van der Waals surface area contributed by atoms with Gasteiger partial charge in [0.05, 0.1) is 13.2 Å². The minimum absolute atomic E-state index is 0.184. The summed E-state index contributed by atoms with van der Waals surface area (Å²) in [4.78, 5) is 18.5. The molecule has 2 aromatic rings. The van der Waals surface area contributed by atoms with Crippen LogP contribution < -0.4 is 4.90 Å². The fraction of sp³-hybridized carbons (Fsp3) is 0.478. The average molecular weight is 387 g/mol. The van der Waals surface area contributed by atoms with Gasteiger partial charge >= 0.3 is 5.97 Å². The minimum Gasteiger partial charge on any atom is -0.461 e. The zero-order chi connectivity index (χ0) is 20.6. The van der Waals surface area contributed by atoms with E-state index in [9.17, 15) is 4.79 Å². The van der Waals surface area contributed by atoms with Crippen molar-refractivity contribution in [1.82, 2.24) is 4.98 Å². The number of benzene rings is 1. The van der Waals surface area contributed by atoms with Gasteiger partial charge in [-0.15, -0.1) is 0 Å². The standard InChI is InChI=1S/C19H22N2O3.2C2H6/c22-19(24-15-17-4-2-1-3-5-17)9-7-16-6-8-18(20-14-16)21-10-12-23-13-11-21;2*1-2/h1-6,8,14H,7,9-13,15H2;2*1-2H3. The van der Waals surface area contributed by atoms with Crippen LogP contribution in [-0.4, -0.2) is 37.3 Å². The Kier molecular flexibility index (Phi) is 12.4. The zero-order valence-electron chi connectivity index (χ0n) is 17.7. The number of morpholine rings is 1. The van der Waals surface area contributed by atoms with Gasteiger partial charge in [0.1, 0.15) is 12.4 Å². The summed E-state index contributed by atoms with van der Waals surface area (Å²) in [6, 6.07) is 13.7. The SMILES string of the molecule is CC.CC.O=C(CCc1ccc(N2CCOCC2)nc1)OCc1ccccc1. The van der Waals surface area contributed by atoms with Gasteiger partial charge in [0.15, 0.2) is 0 Å². The fourth-order valence-electron chi connectivity index (χ4n) is 2.60. The van der Waals surface area contributed by atoms with Crippen molar-refractivity contribution < 1.29 is 14.3 Å². The molecule has 0 aliphatic carbocycles. The smallest absolute Gasteiger partial charge is 0.306 e. The number of hydrogen-bond acceptors (Lipinski definition) is 5. The van der Waals surface area contributed by atoms with E-state index in [2.05, 4.69) is 9.88 Å². The zero-order valence-corrected chi connectivity index (χ0v) is 17.7.